The van der Waals surface area contributed by atoms with Crippen molar-refractivity contribution in [2.45, 2.75) is 44.7 Å². The van der Waals surface area contributed by atoms with Crippen molar-refractivity contribution in [1.82, 2.24) is 4.90 Å². The Bertz CT molecular complexity index is 1320. The number of hydrogen-bond donors (Lipinski definition) is 0. The fourth-order valence-corrected chi connectivity index (χ4v) is 5.31. The molecule has 0 radical (unpaired) electrons. The van der Waals surface area contributed by atoms with Gasteiger partial charge in [0.1, 0.15) is 11.8 Å². The maximum Gasteiger partial charge on any atom is 0.249 e. The molecule has 1 saturated heterocycles. The lowest BCUT2D eigenvalue weighted by Gasteiger charge is -2.38. The molecule has 2 aliphatic rings. The van der Waals surface area contributed by atoms with Gasteiger partial charge in [0, 0.05) is 44.4 Å². The van der Waals surface area contributed by atoms with Gasteiger partial charge in [-0.25, -0.2) is 0 Å². The van der Waals surface area contributed by atoms with E-state index < -0.39 is 6.04 Å². The minimum absolute atomic E-state index is 0.0876. The first-order valence-electron chi connectivity index (χ1n) is 13.1. The van der Waals surface area contributed by atoms with Crippen molar-refractivity contribution in [2.24, 2.45) is 0 Å². The summed E-state index contributed by atoms with van der Waals surface area (Å²) in [7, 11) is 3.36. The Morgan fingerprint density at radius 1 is 0.947 bits per heavy atom. The quantitative estimate of drug-likeness (QED) is 0.493. The van der Waals surface area contributed by atoms with Gasteiger partial charge in [0.2, 0.25) is 17.7 Å². The van der Waals surface area contributed by atoms with Gasteiger partial charge in [-0.15, -0.1) is 0 Å². The van der Waals surface area contributed by atoms with Gasteiger partial charge in [-0.2, -0.15) is 0 Å². The molecule has 5 rings (SSSR count). The molecule has 1 atom stereocenters. The molecule has 7 heteroatoms. The lowest BCUT2D eigenvalue weighted by atomic mass is 9.92. The highest BCUT2D eigenvalue weighted by Gasteiger charge is 2.36. The van der Waals surface area contributed by atoms with Crippen molar-refractivity contribution in [2.75, 3.05) is 30.5 Å². The summed E-state index contributed by atoms with van der Waals surface area (Å²) in [5.41, 5.74) is 4.61. The molecular formula is C31H33N3O4. The zero-order valence-corrected chi connectivity index (χ0v) is 21.9. The largest absolute Gasteiger partial charge is 0.497 e. The first kappa shape index (κ1) is 25.5. The van der Waals surface area contributed by atoms with Gasteiger partial charge >= 0.3 is 0 Å². The monoisotopic (exact) mass is 511 g/mol. The molecule has 0 spiro atoms. The number of likely N-dealkylation sites (N-methyl/N-ethyl adjacent to an activating group) is 1. The average Bonchev–Trinajstić information content (AvgIpc) is 2.96. The highest BCUT2D eigenvalue weighted by Crippen LogP contribution is 2.28. The van der Waals surface area contributed by atoms with Crippen LogP contribution in [0.15, 0.2) is 72.8 Å². The predicted octanol–water partition coefficient (Wildman–Crippen LogP) is 4.37. The lowest BCUT2D eigenvalue weighted by Crippen LogP contribution is -2.53. The van der Waals surface area contributed by atoms with Crippen molar-refractivity contribution in [1.29, 1.82) is 0 Å². The lowest BCUT2D eigenvalue weighted by molar-refractivity contribution is -0.140. The number of amides is 3. The number of carbonyl (C=O) groups excluding carboxylic acids is 3. The zero-order valence-electron chi connectivity index (χ0n) is 21.9. The van der Waals surface area contributed by atoms with E-state index in [0.29, 0.717) is 19.4 Å². The molecular weight excluding hydrogens is 478 g/mol. The van der Waals surface area contributed by atoms with Crippen LogP contribution in [0, 0.1) is 0 Å². The smallest absolute Gasteiger partial charge is 0.249 e. The second kappa shape index (κ2) is 11.1. The molecule has 196 valence electrons. The van der Waals surface area contributed by atoms with Gasteiger partial charge in [-0.1, -0.05) is 36.4 Å². The predicted molar refractivity (Wildman–Crippen MR) is 147 cm³/mol. The Morgan fingerprint density at radius 3 is 2.34 bits per heavy atom. The summed E-state index contributed by atoms with van der Waals surface area (Å²) < 4.78 is 5.23. The van der Waals surface area contributed by atoms with Gasteiger partial charge in [0.25, 0.3) is 0 Å². The maximum absolute atomic E-state index is 13.8. The average molecular weight is 512 g/mol. The zero-order chi connectivity index (χ0) is 26.6. The van der Waals surface area contributed by atoms with Crippen LogP contribution in [0.3, 0.4) is 0 Å². The molecule has 0 unspecified atom stereocenters. The Labute approximate surface area is 223 Å². The van der Waals surface area contributed by atoms with E-state index in [9.17, 15) is 14.4 Å². The number of anilines is 2. The summed E-state index contributed by atoms with van der Waals surface area (Å²) in [6, 6.07) is 22.4. The minimum atomic E-state index is -0.607. The number of benzene rings is 3. The number of fused-ring (bicyclic) bond motifs is 1. The van der Waals surface area contributed by atoms with Crippen LogP contribution in [0.25, 0.3) is 0 Å². The first-order valence-corrected chi connectivity index (χ1v) is 13.1. The van der Waals surface area contributed by atoms with Crippen molar-refractivity contribution in [3.05, 3.63) is 89.5 Å². The Kier molecular flexibility index (Phi) is 7.45. The highest BCUT2D eigenvalue weighted by molar-refractivity contribution is 6.00. The van der Waals surface area contributed by atoms with Gasteiger partial charge in [-0.3, -0.25) is 14.4 Å². The summed E-state index contributed by atoms with van der Waals surface area (Å²) in [6.45, 7) is 1.12. The van der Waals surface area contributed by atoms with Crippen LogP contribution in [0.5, 0.6) is 5.75 Å². The van der Waals surface area contributed by atoms with Crippen LogP contribution in [-0.2, 0) is 33.8 Å². The molecule has 3 aromatic rings. The van der Waals surface area contributed by atoms with E-state index >= 15 is 0 Å². The standard InChI is InChI=1S/C31H33N3O4/c1-32(25-12-14-26(15-13-25)33-18-6-5-9-29(33)35)31(37)28-20-23-7-3-4-8-24(23)21-34(28)30(36)19-22-10-16-27(38-2)17-11-22/h3-4,7-8,10-17,28H,5-6,9,18-21H2,1-2H3/t28-/m0/s1. The SMILES string of the molecule is COc1ccc(CC(=O)N2Cc3ccccc3C[C@H]2C(=O)N(C)c2ccc(N3CCCCC3=O)cc2)cc1. The fourth-order valence-electron chi connectivity index (χ4n) is 5.31. The molecule has 0 saturated carbocycles. The molecule has 0 aromatic heterocycles. The molecule has 0 aliphatic carbocycles. The van der Waals surface area contributed by atoms with Crippen LogP contribution in [0.4, 0.5) is 11.4 Å². The van der Waals surface area contributed by atoms with E-state index in [2.05, 4.69) is 0 Å². The second-order valence-corrected chi connectivity index (χ2v) is 9.95. The van der Waals surface area contributed by atoms with E-state index in [4.69, 9.17) is 4.74 Å². The van der Waals surface area contributed by atoms with Gasteiger partial charge < -0.3 is 19.4 Å². The molecule has 2 heterocycles. The third-order valence-electron chi connectivity index (χ3n) is 7.57. The van der Waals surface area contributed by atoms with Crippen molar-refractivity contribution >= 4 is 29.1 Å². The number of ether oxygens (including phenoxy) is 1. The molecule has 0 N–H and O–H groups in total. The molecule has 38 heavy (non-hydrogen) atoms. The van der Waals surface area contributed by atoms with Gasteiger partial charge in [0.15, 0.2) is 0 Å². The molecule has 7 nitrogen and oxygen atoms in total. The van der Waals surface area contributed by atoms with Crippen LogP contribution in [0.2, 0.25) is 0 Å². The third-order valence-corrected chi connectivity index (χ3v) is 7.57. The molecule has 3 aromatic carbocycles. The first-order chi connectivity index (χ1) is 18.4. The van der Waals surface area contributed by atoms with E-state index in [-0.39, 0.29) is 24.1 Å². The van der Waals surface area contributed by atoms with E-state index in [0.717, 1.165) is 53.2 Å². The number of carbonyl (C=O) groups is 3. The fraction of sp³-hybridized carbons (Fsp3) is 0.323. The van der Waals surface area contributed by atoms with Crippen LogP contribution >= 0.6 is 0 Å². The minimum Gasteiger partial charge on any atom is -0.497 e. The van der Waals surface area contributed by atoms with Crippen LogP contribution in [-0.4, -0.2) is 49.4 Å². The summed E-state index contributed by atoms with van der Waals surface area (Å²) >= 11 is 0. The number of rotatable bonds is 6. The van der Waals surface area contributed by atoms with Crippen LogP contribution < -0.4 is 14.5 Å². The van der Waals surface area contributed by atoms with E-state index in [1.54, 1.807) is 24.0 Å². The molecule has 3 amide bonds. The summed E-state index contributed by atoms with van der Waals surface area (Å²) in [5, 5.41) is 0. The molecule has 1 fully saturated rings. The van der Waals surface area contributed by atoms with Gasteiger partial charge in [-0.05, 0) is 65.9 Å². The van der Waals surface area contributed by atoms with Gasteiger partial charge in [0.05, 0.1) is 13.5 Å². The summed E-state index contributed by atoms with van der Waals surface area (Å²) in [4.78, 5) is 44.8. The van der Waals surface area contributed by atoms with E-state index in [1.807, 2.05) is 77.7 Å². The summed E-state index contributed by atoms with van der Waals surface area (Å²) in [5.74, 6) is 0.651. The third kappa shape index (κ3) is 5.28. The van der Waals surface area contributed by atoms with Crippen molar-refractivity contribution < 1.29 is 19.1 Å². The van der Waals surface area contributed by atoms with Crippen LogP contribution in [0.1, 0.15) is 36.0 Å². The normalized spacial score (nSPS) is 17.1. The number of methoxy groups -OCH3 is 1. The number of piperidine rings is 1. The number of nitrogens with zero attached hydrogens (tertiary/aromatic N) is 3. The molecule has 2 aliphatic heterocycles. The van der Waals surface area contributed by atoms with Crippen molar-refractivity contribution in [3.8, 4) is 5.75 Å². The topological polar surface area (TPSA) is 70.2 Å². The maximum atomic E-state index is 13.8. The Hall–Kier alpha value is -4.13. The highest BCUT2D eigenvalue weighted by atomic mass is 16.5. The number of hydrogen-bond acceptors (Lipinski definition) is 4. The Balaban J connectivity index is 1.36. The Morgan fingerprint density at radius 2 is 1.66 bits per heavy atom. The second-order valence-electron chi connectivity index (χ2n) is 9.95. The molecule has 0 bridgehead atoms. The van der Waals surface area contributed by atoms with E-state index in [1.165, 1.54) is 0 Å². The summed E-state index contributed by atoms with van der Waals surface area (Å²) in [6.07, 6.45) is 3.17. The van der Waals surface area contributed by atoms with Crippen molar-refractivity contribution in [3.63, 3.8) is 0 Å².